The Morgan fingerprint density at radius 1 is 0.365 bits per heavy atom. The van der Waals surface area contributed by atoms with Crippen molar-refractivity contribution in [2.24, 2.45) is 0 Å². The highest BCUT2D eigenvalue weighted by Gasteiger charge is 2.28. The van der Waals surface area contributed by atoms with Crippen LogP contribution in [0.25, 0.3) is 21.5 Å². The Hall–Kier alpha value is -5.62. The smallest absolute Gasteiger partial charge is 0.138 e. The highest BCUT2D eigenvalue weighted by molar-refractivity contribution is 6.09. The number of aromatic nitrogens is 4. The highest BCUT2D eigenvalue weighted by Crippen LogP contribution is 2.49. The Bertz CT molecular complexity index is 2040. The summed E-state index contributed by atoms with van der Waals surface area (Å²) < 4.78 is 0. The molecule has 0 N–H and O–H groups in total. The van der Waals surface area contributed by atoms with Crippen LogP contribution in [-0.2, 0) is 0 Å². The summed E-state index contributed by atoms with van der Waals surface area (Å²) in [5.74, 6) is 4.43. The van der Waals surface area contributed by atoms with Gasteiger partial charge in [0, 0.05) is 36.2 Å². The Kier molecular flexibility index (Phi) is 9.04. The van der Waals surface area contributed by atoms with Crippen LogP contribution in [0.3, 0.4) is 0 Å². The molecule has 6 nitrogen and oxygen atoms in total. The molecule has 0 radical (unpaired) electrons. The fourth-order valence-electron chi connectivity index (χ4n) is 8.92. The second kappa shape index (κ2) is 14.5. The Morgan fingerprint density at radius 3 is 1.04 bits per heavy atom. The van der Waals surface area contributed by atoms with Crippen molar-refractivity contribution in [1.29, 1.82) is 0 Å². The average Bonchev–Trinajstić information content (AvgIpc) is 3.22. The number of fused-ring (bicyclic) bond motifs is 2. The molecule has 0 aliphatic heterocycles. The second-order valence-electron chi connectivity index (χ2n) is 14.4. The van der Waals surface area contributed by atoms with Gasteiger partial charge in [-0.25, -0.2) is 19.9 Å². The number of hydrogen-bond donors (Lipinski definition) is 0. The largest absolute Gasteiger partial charge is 0.279 e. The molecule has 2 saturated carbocycles. The maximum absolute atomic E-state index is 4.82. The molecule has 4 aromatic heterocycles. The van der Waals surface area contributed by atoms with E-state index in [-0.39, 0.29) is 0 Å². The van der Waals surface area contributed by atoms with Crippen LogP contribution in [0.15, 0.2) is 134 Å². The van der Waals surface area contributed by atoms with E-state index < -0.39 is 0 Å². The van der Waals surface area contributed by atoms with Crippen LogP contribution in [0.5, 0.6) is 0 Å². The van der Waals surface area contributed by atoms with E-state index in [0.29, 0.717) is 11.8 Å². The van der Waals surface area contributed by atoms with Crippen molar-refractivity contribution in [1.82, 2.24) is 19.9 Å². The third-order valence-corrected chi connectivity index (χ3v) is 11.2. The molecule has 7 aromatic rings. The SMILES string of the molecule is c1ccc(N(c2ccc3c(C4CCCCC4)c4ccc(N(c5ccccn5)c5ccccn5)cc4c(C4CCCCC4)c3c2)c2ccccn2)nc1. The van der Waals surface area contributed by atoms with E-state index in [1.54, 1.807) is 0 Å². The van der Waals surface area contributed by atoms with Crippen LogP contribution < -0.4 is 9.80 Å². The van der Waals surface area contributed by atoms with E-state index in [9.17, 15) is 0 Å². The average molecular weight is 681 g/mol. The van der Waals surface area contributed by atoms with Gasteiger partial charge < -0.3 is 0 Å². The molecule has 52 heavy (non-hydrogen) atoms. The number of anilines is 6. The van der Waals surface area contributed by atoms with Crippen LogP contribution >= 0.6 is 0 Å². The summed E-state index contributed by atoms with van der Waals surface area (Å²) >= 11 is 0. The molecule has 4 heterocycles. The molecule has 0 spiro atoms. The van der Waals surface area contributed by atoms with Gasteiger partial charge in [0.05, 0.1) is 0 Å². The zero-order valence-corrected chi connectivity index (χ0v) is 29.6. The number of pyridine rings is 4. The number of nitrogens with zero attached hydrogens (tertiary/aromatic N) is 6. The van der Waals surface area contributed by atoms with Gasteiger partial charge in [-0.05, 0) is 143 Å². The van der Waals surface area contributed by atoms with Crippen LogP contribution in [-0.4, -0.2) is 19.9 Å². The van der Waals surface area contributed by atoms with Crippen LogP contribution in [0.1, 0.15) is 87.2 Å². The number of hydrogen-bond acceptors (Lipinski definition) is 6. The predicted octanol–water partition coefficient (Wildman–Crippen LogP) is 12.6. The van der Waals surface area contributed by atoms with Crippen LogP contribution in [0.2, 0.25) is 0 Å². The van der Waals surface area contributed by atoms with E-state index >= 15 is 0 Å². The van der Waals surface area contributed by atoms with E-state index in [1.807, 2.05) is 49.1 Å². The van der Waals surface area contributed by atoms with Gasteiger partial charge >= 0.3 is 0 Å². The molecule has 0 amide bonds. The summed E-state index contributed by atoms with van der Waals surface area (Å²) in [6, 6.07) is 38.7. The molecule has 0 unspecified atom stereocenters. The van der Waals surface area contributed by atoms with Crippen molar-refractivity contribution in [3.8, 4) is 0 Å². The summed E-state index contributed by atoms with van der Waals surface area (Å²) in [6.07, 6.45) is 20.1. The van der Waals surface area contributed by atoms with Gasteiger partial charge in [0.1, 0.15) is 23.3 Å². The standard InChI is InChI=1S/C46H44N6/c1-3-15-33(16-4-1)45-37-25-23-35(51(41-19-7-11-27-47-41)42-20-8-12-28-48-42)31-39(37)46(34-17-5-2-6-18-34)40-32-36(24-26-38(40)45)52(43-21-9-13-29-49-43)44-22-10-14-30-50-44/h7-14,19-34H,1-6,15-18H2. The summed E-state index contributed by atoms with van der Waals surface area (Å²) in [5.41, 5.74) is 5.16. The summed E-state index contributed by atoms with van der Waals surface area (Å²) in [6.45, 7) is 0. The maximum atomic E-state index is 4.82. The molecule has 6 heteroatoms. The molecule has 2 aliphatic carbocycles. The Morgan fingerprint density at radius 2 is 0.712 bits per heavy atom. The normalized spacial score (nSPS) is 15.5. The fourth-order valence-corrected chi connectivity index (χ4v) is 8.92. The monoisotopic (exact) mass is 680 g/mol. The third-order valence-electron chi connectivity index (χ3n) is 11.2. The number of rotatable bonds is 8. The first-order chi connectivity index (χ1) is 25.8. The van der Waals surface area contributed by atoms with Gasteiger partial charge in [-0.1, -0.05) is 74.9 Å². The fraction of sp³-hybridized carbons (Fsp3) is 0.261. The van der Waals surface area contributed by atoms with E-state index in [0.717, 1.165) is 34.6 Å². The highest BCUT2D eigenvalue weighted by atomic mass is 15.2. The zero-order valence-electron chi connectivity index (χ0n) is 29.6. The van der Waals surface area contributed by atoms with Crippen molar-refractivity contribution in [2.75, 3.05) is 9.80 Å². The first kappa shape index (κ1) is 32.3. The molecule has 3 aromatic carbocycles. The first-order valence-corrected chi connectivity index (χ1v) is 19.1. The number of benzene rings is 3. The first-order valence-electron chi connectivity index (χ1n) is 19.1. The van der Waals surface area contributed by atoms with Crippen molar-refractivity contribution in [3.05, 3.63) is 145 Å². The molecule has 9 rings (SSSR count). The lowest BCUT2D eigenvalue weighted by Crippen LogP contribution is -2.15. The van der Waals surface area contributed by atoms with Crippen molar-refractivity contribution < 1.29 is 0 Å². The van der Waals surface area contributed by atoms with Gasteiger partial charge in [-0.2, -0.15) is 0 Å². The Balaban J connectivity index is 1.34. The molecule has 0 bridgehead atoms. The quantitative estimate of drug-likeness (QED) is 0.149. The maximum Gasteiger partial charge on any atom is 0.138 e. The molecule has 2 fully saturated rings. The predicted molar refractivity (Wildman–Crippen MR) is 214 cm³/mol. The van der Waals surface area contributed by atoms with Gasteiger partial charge in [0.2, 0.25) is 0 Å². The van der Waals surface area contributed by atoms with Crippen LogP contribution in [0.4, 0.5) is 34.6 Å². The van der Waals surface area contributed by atoms with Gasteiger partial charge in [0.25, 0.3) is 0 Å². The summed E-state index contributed by atoms with van der Waals surface area (Å²) in [4.78, 5) is 23.7. The van der Waals surface area contributed by atoms with E-state index in [4.69, 9.17) is 19.9 Å². The minimum absolute atomic E-state index is 0.473. The Labute approximate surface area is 306 Å². The summed E-state index contributed by atoms with van der Waals surface area (Å²) in [5, 5.41) is 5.55. The minimum Gasteiger partial charge on any atom is -0.279 e. The van der Waals surface area contributed by atoms with Crippen molar-refractivity contribution in [2.45, 2.75) is 76.0 Å². The lowest BCUT2D eigenvalue weighted by molar-refractivity contribution is 0.445. The molecule has 0 saturated heterocycles. The molecule has 258 valence electrons. The van der Waals surface area contributed by atoms with E-state index in [1.165, 1.54) is 96.9 Å². The van der Waals surface area contributed by atoms with Gasteiger partial charge in [-0.15, -0.1) is 0 Å². The lowest BCUT2D eigenvalue weighted by Gasteiger charge is -2.32. The zero-order chi connectivity index (χ0) is 34.7. The summed E-state index contributed by atoms with van der Waals surface area (Å²) in [7, 11) is 0. The molecular weight excluding hydrogens is 637 g/mol. The van der Waals surface area contributed by atoms with Gasteiger partial charge in [0.15, 0.2) is 0 Å². The van der Waals surface area contributed by atoms with Crippen LogP contribution in [0, 0.1) is 0 Å². The minimum atomic E-state index is 0.473. The molecular formula is C46H44N6. The third kappa shape index (κ3) is 6.17. The van der Waals surface area contributed by atoms with Gasteiger partial charge in [-0.3, -0.25) is 9.80 Å². The van der Waals surface area contributed by atoms with Crippen molar-refractivity contribution >= 4 is 56.2 Å². The lowest BCUT2D eigenvalue weighted by atomic mass is 9.74. The second-order valence-corrected chi connectivity index (χ2v) is 14.4. The topological polar surface area (TPSA) is 58.0 Å². The van der Waals surface area contributed by atoms with Crippen molar-refractivity contribution in [3.63, 3.8) is 0 Å². The molecule has 0 atom stereocenters. The molecule has 2 aliphatic rings. The van der Waals surface area contributed by atoms with E-state index in [2.05, 4.69) is 94.7 Å².